The van der Waals surface area contributed by atoms with Crippen molar-refractivity contribution in [2.75, 3.05) is 0 Å². The van der Waals surface area contributed by atoms with Crippen LogP contribution in [0.15, 0.2) is 34.1 Å². The average Bonchev–Trinajstić information content (AvgIpc) is 3.83. The van der Waals surface area contributed by atoms with Crippen LogP contribution >= 0.6 is 0 Å². The molecule has 6 aliphatic carbocycles. The lowest BCUT2D eigenvalue weighted by Gasteiger charge is -2.32. The summed E-state index contributed by atoms with van der Waals surface area (Å²) in [6.45, 7) is 5.15. The molecule has 45 heavy (non-hydrogen) atoms. The van der Waals surface area contributed by atoms with E-state index in [1.807, 2.05) is 0 Å². The number of hydrogen-bond donors (Lipinski definition) is 0. The van der Waals surface area contributed by atoms with Gasteiger partial charge in [-0.25, -0.2) is 8.42 Å². The Labute approximate surface area is 269 Å². The first kappa shape index (κ1) is 30.4. The van der Waals surface area contributed by atoms with E-state index in [0.717, 1.165) is 29.9 Å². The van der Waals surface area contributed by atoms with Gasteiger partial charge in [0.15, 0.2) is 0 Å². The summed E-state index contributed by atoms with van der Waals surface area (Å²) in [6, 6.07) is 7.48. The molecular weight excluding hydrogens is 605 g/mol. The summed E-state index contributed by atoms with van der Waals surface area (Å²) in [4.78, 5) is 0.136. The fourth-order valence-corrected chi connectivity index (χ4v) is 13.9. The molecule has 0 heterocycles. The van der Waals surface area contributed by atoms with E-state index in [9.17, 15) is 21.4 Å². The van der Waals surface area contributed by atoms with Crippen molar-refractivity contribution in [3.63, 3.8) is 0 Å². The Bertz CT molecular complexity index is 1690. The molecule has 6 bridgehead atoms. The van der Waals surface area contributed by atoms with Gasteiger partial charge in [-0.1, -0.05) is 45.2 Å². The summed E-state index contributed by atoms with van der Waals surface area (Å²) < 4.78 is 72.2. The van der Waals surface area contributed by atoms with E-state index < -0.39 is 20.2 Å². The molecule has 2 aromatic carbocycles. The van der Waals surface area contributed by atoms with Crippen molar-refractivity contribution in [3.05, 3.63) is 52.1 Å². The summed E-state index contributed by atoms with van der Waals surface area (Å²) in [5.41, 5.74) is 3.89. The Balaban J connectivity index is 1.29. The number of rotatable bonds is 8. The summed E-state index contributed by atoms with van der Waals surface area (Å²) in [6.07, 6.45) is 14.5. The molecule has 0 spiro atoms. The van der Waals surface area contributed by atoms with Gasteiger partial charge in [-0.05, 0) is 164 Å². The quantitative estimate of drug-likeness (QED) is 0.210. The highest BCUT2D eigenvalue weighted by atomic mass is 32.2. The van der Waals surface area contributed by atoms with Crippen molar-refractivity contribution in [1.29, 1.82) is 0 Å². The average molecular weight is 652 g/mol. The smallest absolute Gasteiger partial charge is 0.339 e. The normalized spacial score (nSPS) is 35.3. The minimum absolute atomic E-state index is 0.0820. The lowest BCUT2D eigenvalue weighted by Crippen LogP contribution is -2.23. The zero-order valence-electron chi connectivity index (χ0n) is 26.8. The van der Waals surface area contributed by atoms with Gasteiger partial charge in [-0.2, -0.15) is 8.42 Å². The van der Waals surface area contributed by atoms with Gasteiger partial charge in [0.1, 0.15) is 20.8 Å². The molecule has 6 fully saturated rings. The molecule has 9 unspecified atom stereocenters. The van der Waals surface area contributed by atoms with Crippen LogP contribution in [0.3, 0.4) is 0 Å². The third-order valence-corrected chi connectivity index (χ3v) is 15.7. The molecule has 0 radical (unpaired) electrons. The number of fused-ring (bicyclic) bond motifs is 6. The summed E-state index contributed by atoms with van der Waals surface area (Å²) in [5.74, 6) is 4.66. The first-order valence-electron chi connectivity index (χ1n) is 17.6. The minimum Gasteiger partial charge on any atom is -0.744 e. The Morgan fingerprint density at radius 1 is 0.667 bits per heavy atom. The Morgan fingerprint density at radius 2 is 1.16 bits per heavy atom. The van der Waals surface area contributed by atoms with Gasteiger partial charge < -0.3 is 8.74 Å². The molecule has 6 saturated carbocycles. The predicted octanol–water partition coefficient (Wildman–Crippen LogP) is 8.50. The fourth-order valence-electron chi connectivity index (χ4n) is 11.4. The highest BCUT2D eigenvalue weighted by Crippen LogP contribution is 2.60. The molecule has 8 heteroatoms. The van der Waals surface area contributed by atoms with E-state index in [4.69, 9.17) is 4.18 Å². The van der Waals surface area contributed by atoms with E-state index in [1.54, 1.807) is 20.8 Å². The van der Waals surface area contributed by atoms with Crippen LogP contribution in [-0.2, 0) is 20.2 Å². The lowest BCUT2D eigenvalue weighted by atomic mass is 9.75. The van der Waals surface area contributed by atoms with Crippen LogP contribution in [0.2, 0.25) is 0 Å². The van der Waals surface area contributed by atoms with Crippen molar-refractivity contribution < 1.29 is 25.6 Å². The van der Waals surface area contributed by atoms with Gasteiger partial charge in [-0.15, -0.1) is 0 Å². The van der Waals surface area contributed by atoms with Crippen LogP contribution in [0.4, 0.5) is 0 Å². The second-order valence-electron chi connectivity index (χ2n) is 16.2. The molecule has 9 atom stereocenters. The van der Waals surface area contributed by atoms with Crippen LogP contribution < -0.4 is 4.18 Å². The molecule has 0 aliphatic heterocycles. The van der Waals surface area contributed by atoms with E-state index in [2.05, 4.69) is 12.1 Å². The van der Waals surface area contributed by atoms with E-state index in [0.29, 0.717) is 46.0 Å². The molecule has 6 aliphatic rings. The van der Waals surface area contributed by atoms with Crippen LogP contribution in [0, 0.1) is 42.4 Å². The van der Waals surface area contributed by atoms with Crippen LogP contribution in [-0.4, -0.2) is 21.4 Å². The maximum absolute atomic E-state index is 14.8. The Morgan fingerprint density at radius 3 is 1.56 bits per heavy atom. The molecule has 0 aromatic heterocycles. The molecule has 2 aromatic rings. The largest absolute Gasteiger partial charge is 0.744 e. The number of benzene rings is 2. The van der Waals surface area contributed by atoms with E-state index in [1.165, 1.54) is 81.9 Å². The monoisotopic (exact) mass is 651 g/mol. The van der Waals surface area contributed by atoms with Gasteiger partial charge in [0.25, 0.3) is 0 Å². The van der Waals surface area contributed by atoms with Crippen molar-refractivity contribution in [3.8, 4) is 5.75 Å². The van der Waals surface area contributed by atoms with Gasteiger partial charge in [-0.3, -0.25) is 0 Å². The SMILES string of the molecule is Cc1cc(OS(=O)(=O)c2c(C3CC4CCC3C4)cc(C3CC4CCC3C4)cc2C2CC3CCC2C3)cc(C(C)C)c1S(=O)(=O)[O-]. The topological polar surface area (TPSA) is 101 Å². The molecule has 8 rings (SSSR count). The Hall–Kier alpha value is -1.90. The van der Waals surface area contributed by atoms with Crippen molar-refractivity contribution in [1.82, 2.24) is 0 Å². The third-order valence-electron chi connectivity index (χ3n) is 13.2. The molecule has 0 amide bonds. The van der Waals surface area contributed by atoms with Crippen LogP contribution in [0.5, 0.6) is 5.75 Å². The maximum atomic E-state index is 14.8. The lowest BCUT2D eigenvalue weighted by molar-refractivity contribution is 0.392. The van der Waals surface area contributed by atoms with Gasteiger partial charge in [0.05, 0.1) is 4.90 Å². The standard InChI is InChI=1S/C37H48O6S2/c1-20(2)30-19-29(10-21(3)36(30)44(38,39)40)43-45(41,42)37-34(32-15-23-5-8-26(32)12-23)17-28(31-14-22-4-7-25(31)11-22)18-35(37)33-16-24-6-9-27(33)13-24/h10,17-20,22-27,31-33H,4-9,11-16H2,1-3H3,(H,38,39,40)/p-1. The second kappa shape index (κ2) is 10.8. The second-order valence-corrected chi connectivity index (χ2v) is 19.0. The number of hydrogen-bond acceptors (Lipinski definition) is 6. The molecule has 6 nitrogen and oxygen atoms in total. The first-order valence-corrected chi connectivity index (χ1v) is 20.4. The van der Waals surface area contributed by atoms with Crippen LogP contribution in [0.25, 0.3) is 0 Å². The minimum atomic E-state index is -4.74. The van der Waals surface area contributed by atoms with Gasteiger partial charge >= 0.3 is 10.1 Å². The van der Waals surface area contributed by atoms with Crippen molar-refractivity contribution in [2.24, 2.45) is 35.5 Å². The summed E-state index contributed by atoms with van der Waals surface area (Å²) >= 11 is 0. The zero-order chi connectivity index (χ0) is 31.4. The van der Waals surface area contributed by atoms with Gasteiger partial charge in [0, 0.05) is 0 Å². The molecule has 0 saturated heterocycles. The number of aryl methyl sites for hydroxylation is 1. The van der Waals surface area contributed by atoms with E-state index in [-0.39, 0.29) is 34.0 Å². The summed E-state index contributed by atoms with van der Waals surface area (Å²) in [5, 5.41) is 0. The maximum Gasteiger partial charge on any atom is 0.339 e. The zero-order valence-corrected chi connectivity index (χ0v) is 28.5. The molecule has 244 valence electrons. The van der Waals surface area contributed by atoms with Crippen molar-refractivity contribution in [2.45, 2.75) is 131 Å². The highest BCUT2D eigenvalue weighted by Gasteiger charge is 2.48. The van der Waals surface area contributed by atoms with Gasteiger partial charge in [0.2, 0.25) is 0 Å². The Kier molecular flexibility index (Phi) is 7.31. The molecule has 0 N–H and O–H groups in total. The van der Waals surface area contributed by atoms with Crippen molar-refractivity contribution >= 4 is 20.2 Å². The predicted molar refractivity (Wildman–Crippen MR) is 172 cm³/mol. The van der Waals surface area contributed by atoms with E-state index >= 15 is 0 Å². The molecular formula is C37H47O6S2-. The third kappa shape index (κ3) is 5.20. The highest BCUT2D eigenvalue weighted by molar-refractivity contribution is 7.87. The van der Waals surface area contributed by atoms with Crippen LogP contribution in [0.1, 0.15) is 142 Å². The fraction of sp³-hybridized carbons (Fsp3) is 0.676. The first-order chi connectivity index (χ1) is 21.4. The summed E-state index contributed by atoms with van der Waals surface area (Å²) in [7, 11) is -9.01.